The summed E-state index contributed by atoms with van der Waals surface area (Å²) >= 11 is 0. The quantitative estimate of drug-likeness (QED) is 0.649. The molecule has 0 saturated heterocycles. The van der Waals surface area contributed by atoms with Crippen LogP contribution in [0, 0.1) is 11.8 Å². The lowest BCUT2D eigenvalue weighted by atomic mass is 10.2. The lowest BCUT2D eigenvalue weighted by molar-refractivity contribution is 0.365. The SMILES string of the molecule is C[C@@H](N)[C@H](F)C#Cc1ccccc1. The molecule has 2 N–H and O–H groups in total. The van der Waals surface area contributed by atoms with Gasteiger partial charge in [-0.2, -0.15) is 0 Å². The molecule has 13 heavy (non-hydrogen) atoms. The Morgan fingerprint density at radius 3 is 2.46 bits per heavy atom. The highest BCUT2D eigenvalue weighted by Gasteiger charge is 2.06. The molecule has 0 aliphatic heterocycles. The molecule has 1 aromatic carbocycles. The average molecular weight is 177 g/mol. The Bertz CT molecular complexity index is 308. The molecule has 0 saturated carbocycles. The average Bonchev–Trinajstić information content (AvgIpc) is 2.15. The van der Waals surface area contributed by atoms with Crippen LogP contribution in [0.1, 0.15) is 12.5 Å². The molecular weight excluding hydrogens is 165 g/mol. The van der Waals surface area contributed by atoms with Crippen LogP contribution in [0.2, 0.25) is 0 Å². The first-order valence-corrected chi connectivity index (χ1v) is 4.16. The number of alkyl halides is 1. The van der Waals surface area contributed by atoms with Gasteiger partial charge in [0.15, 0.2) is 6.17 Å². The fourth-order valence-electron chi connectivity index (χ4n) is 0.805. The highest BCUT2D eigenvalue weighted by atomic mass is 19.1. The molecule has 0 spiro atoms. The lowest BCUT2D eigenvalue weighted by Gasteiger charge is -2.02. The van der Waals surface area contributed by atoms with Crippen LogP contribution in [0.15, 0.2) is 30.3 Å². The second-order valence-corrected chi connectivity index (χ2v) is 2.90. The molecule has 0 fully saturated rings. The van der Waals surface area contributed by atoms with Crippen LogP contribution in [0.4, 0.5) is 4.39 Å². The van der Waals surface area contributed by atoms with E-state index in [2.05, 4.69) is 11.8 Å². The number of benzene rings is 1. The van der Waals surface area contributed by atoms with Crippen LogP contribution in [-0.2, 0) is 0 Å². The van der Waals surface area contributed by atoms with Crippen molar-refractivity contribution in [3.05, 3.63) is 35.9 Å². The highest BCUT2D eigenvalue weighted by Crippen LogP contribution is 1.97. The van der Waals surface area contributed by atoms with E-state index in [4.69, 9.17) is 5.73 Å². The molecule has 0 aliphatic carbocycles. The standard InChI is InChI=1S/C11H12FN/c1-9(13)11(12)8-7-10-5-3-2-4-6-10/h2-6,9,11H,13H2,1H3/t9-,11-/m1/s1. The minimum atomic E-state index is -1.25. The number of nitrogens with two attached hydrogens (primary N) is 1. The first kappa shape index (κ1) is 9.76. The third-order valence-electron chi connectivity index (χ3n) is 1.59. The van der Waals surface area contributed by atoms with E-state index in [0.717, 1.165) is 5.56 Å². The van der Waals surface area contributed by atoms with Crippen LogP contribution in [-0.4, -0.2) is 12.2 Å². The number of hydrogen-bond acceptors (Lipinski definition) is 1. The van der Waals surface area contributed by atoms with Gasteiger partial charge in [-0.25, -0.2) is 4.39 Å². The van der Waals surface area contributed by atoms with Gasteiger partial charge in [-0.1, -0.05) is 30.0 Å². The van der Waals surface area contributed by atoms with Gasteiger partial charge in [-0.3, -0.25) is 0 Å². The third kappa shape index (κ3) is 3.27. The zero-order valence-electron chi connectivity index (χ0n) is 7.50. The molecule has 2 atom stereocenters. The van der Waals surface area contributed by atoms with E-state index in [1.54, 1.807) is 6.92 Å². The fraction of sp³-hybridized carbons (Fsp3) is 0.273. The highest BCUT2D eigenvalue weighted by molar-refractivity contribution is 5.34. The summed E-state index contributed by atoms with van der Waals surface area (Å²) in [6.45, 7) is 1.60. The van der Waals surface area contributed by atoms with Crippen molar-refractivity contribution in [2.75, 3.05) is 0 Å². The Hall–Kier alpha value is -1.33. The first-order valence-electron chi connectivity index (χ1n) is 4.16. The van der Waals surface area contributed by atoms with Gasteiger partial charge in [0.2, 0.25) is 0 Å². The number of halogens is 1. The smallest absolute Gasteiger partial charge is 0.175 e. The van der Waals surface area contributed by atoms with E-state index in [1.165, 1.54) is 0 Å². The summed E-state index contributed by atoms with van der Waals surface area (Å²) in [6, 6.07) is 8.76. The van der Waals surface area contributed by atoms with Gasteiger partial charge < -0.3 is 5.73 Å². The van der Waals surface area contributed by atoms with Gasteiger partial charge in [0.25, 0.3) is 0 Å². The molecule has 2 heteroatoms. The largest absolute Gasteiger partial charge is 0.325 e. The Kier molecular flexibility index (Phi) is 3.48. The van der Waals surface area contributed by atoms with E-state index in [0.29, 0.717) is 0 Å². The van der Waals surface area contributed by atoms with E-state index in [-0.39, 0.29) is 0 Å². The topological polar surface area (TPSA) is 26.0 Å². The van der Waals surface area contributed by atoms with Crippen molar-refractivity contribution in [1.29, 1.82) is 0 Å². The molecular formula is C11H12FN. The summed E-state index contributed by atoms with van der Waals surface area (Å²) in [6.07, 6.45) is -1.25. The molecule has 1 aromatic rings. The summed E-state index contributed by atoms with van der Waals surface area (Å²) in [5.41, 5.74) is 6.13. The Balaban J connectivity index is 2.68. The number of hydrogen-bond donors (Lipinski definition) is 1. The second kappa shape index (κ2) is 4.64. The van der Waals surface area contributed by atoms with Crippen molar-refractivity contribution in [2.45, 2.75) is 19.1 Å². The first-order chi connectivity index (χ1) is 6.20. The van der Waals surface area contributed by atoms with Crippen molar-refractivity contribution in [1.82, 2.24) is 0 Å². The van der Waals surface area contributed by atoms with Gasteiger partial charge in [0.05, 0.1) is 0 Å². The van der Waals surface area contributed by atoms with Gasteiger partial charge in [-0.05, 0) is 19.1 Å². The van der Waals surface area contributed by atoms with Crippen molar-refractivity contribution in [3.8, 4) is 11.8 Å². The predicted molar refractivity (Wildman–Crippen MR) is 51.9 cm³/mol. The molecule has 1 rings (SSSR count). The van der Waals surface area contributed by atoms with Gasteiger partial charge in [0.1, 0.15) is 0 Å². The molecule has 0 aromatic heterocycles. The Morgan fingerprint density at radius 1 is 1.31 bits per heavy atom. The van der Waals surface area contributed by atoms with Crippen molar-refractivity contribution >= 4 is 0 Å². The van der Waals surface area contributed by atoms with Crippen LogP contribution in [0.25, 0.3) is 0 Å². The summed E-state index contributed by atoms with van der Waals surface area (Å²) in [5.74, 6) is 5.18. The molecule has 0 radical (unpaired) electrons. The third-order valence-corrected chi connectivity index (χ3v) is 1.59. The molecule has 68 valence electrons. The zero-order chi connectivity index (χ0) is 9.68. The maximum atomic E-state index is 12.9. The minimum Gasteiger partial charge on any atom is -0.325 e. The summed E-state index contributed by atoms with van der Waals surface area (Å²) < 4.78 is 12.9. The summed E-state index contributed by atoms with van der Waals surface area (Å²) in [4.78, 5) is 0. The lowest BCUT2D eigenvalue weighted by Crippen LogP contribution is -2.26. The predicted octanol–water partition coefficient (Wildman–Crippen LogP) is 1.72. The van der Waals surface area contributed by atoms with Crippen molar-refractivity contribution < 1.29 is 4.39 Å². The van der Waals surface area contributed by atoms with E-state index >= 15 is 0 Å². The van der Waals surface area contributed by atoms with E-state index < -0.39 is 12.2 Å². The van der Waals surface area contributed by atoms with Crippen LogP contribution in [0.3, 0.4) is 0 Å². The molecule has 0 bridgehead atoms. The maximum Gasteiger partial charge on any atom is 0.175 e. The minimum absolute atomic E-state index is 0.531. The summed E-state index contributed by atoms with van der Waals surface area (Å²) in [5, 5.41) is 0. The molecule has 0 aliphatic rings. The van der Waals surface area contributed by atoms with Crippen LogP contribution >= 0.6 is 0 Å². The van der Waals surface area contributed by atoms with Crippen molar-refractivity contribution in [3.63, 3.8) is 0 Å². The molecule has 1 nitrogen and oxygen atoms in total. The van der Waals surface area contributed by atoms with E-state index in [1.807, 2.05) is 30.3 Å². The molecule has 0 unspecified atom stereocenters. The Morgan fingerprint density at radius 2 is 1.92 bits per heavy atom. The van der Waals surface area contributed by atoms with Crippen LogP contribution < -0.4 is 5.73 Å². The van der Waals surface area contributed by atoms with E-state index in [9.17, 15) is 4.39 Å². The van der Waals surface area contributed by atoms with Crippen LogP contribution in [0.5, 0.6) is 0 Å². The Labute approximate surface area is 77.8 Å². The van der Waals surface area contributed by atoms with Crippen molar-refractivity contribution in [2.24, 2.45) is 5.73 Å². The van der Waals surface area contributed by atoms with Gasteiger partial charge >= 0.3 is 0 Å². The zero-order valence-corrected chi connectivity index (χ0v) is 7.50. The molecule has 0 amide bonds. The summed E-state index contributed by atoms with van der Waals surface area (Å²) in [7, 11) is 0. The van der Waals surface area contributed by atoms with Gasteiger partial charge in [0, 0.05) is 11.6 Å². The fourth-order valence-corrected chi connectivity index (χ4v) is 0.805. The normalized spacial score (nSPS) is 14.1. The monoisotopic (exact) mass is 177 g/mol. The number of rotatable bonds is 1. The maximum absolute atomic E-state index is 12.9. The molecule has 0 heterocycles. The van der Waals surface area contributed by atoms with Gasteiger partial charge in [-0.15, -0.1) is 0 Å². The second-order valence-electron chi connectivity index (χ2n) is 2.90.